The number of nitriles is 1. The molecule has 0 saturated heterocycles. The maximum absolute atomic E-state index is 8.98. The molecule has 1 aromatic heterocycles. The van der Waals surface area contributed by atoms with Crippen LogP contribution in [-0.4, -0.2) is 23.2 Å². The van der Waals surface area contributed by atoms with Crippen LogP contribution in [0.2, 0.25) is 0 Å². The topological polar surface area (TPSA) is 70.9 Å². The number of H-pyrrole nitrogens is 1. The fraction of sp³-hybridized carbons (Fsp3) is 0.125. The van der Waals surface area contributed by atoms with E-state index in [1.807, 2.05) is 30.3 Å². The summed E-state index contributed by atoms with van der Waals surface area (Å²) in [4.78, 5) is 7.82. The van der Waals surface area contributed by atoms with Crippen molar-refractivity contribution < 1.29 is 9.47 Å². The predicted molar refractivity (Wildman–Crippen MR) is 77.2 cm³/mol. The Morgan fingerprint density at radius 3 is 2.71 bits per heavy atom. The highest BCUT2D eigenvalue weighted by Gasteiger charge is 2.15. The first-order valence-electron chi connectivity index (χ1n) is 6.63. The zero-order valence-corrected chi connectivity index (χ0v) is 11.1. The van der Waals surface area contributed by atoms with Gasteiger partial charge in [0.15, 0.2) is 11.5 Å². The molecule has 0 spiro atoms. The Bertz CT molecular complexity index is 834. The van der Waals surface area contributed by atoms with Gasteiger partial charge in [-0.3, -0.25) is 0 Å². The Balaban J connectivity index is 1.85. The van der Waals surface area contributed by atoms with E-state index < -0.39 is 0 Å². The smallest absolute Gasteiger partial charge is 0.163 e. The molecular formula is C16H11N3O2. The maximum Gasteiger partial charge on any atom is 0.163 e. The van der Waals surface area contributed by atoms with Gasteiger partial charge in [-0.15, -0.1) is 0 Å². The number of rotatable bonds is 1. The summed E-state index contributed by atoms with van der Waals surface area (Å²) in [7, 11) is 0. The Hall–Kier alpha value is -3.00. The van der Waals surface area contributed by atoms with Gasteiger partial charge in [-0.1, -0.05) is 12.1 Å². The van der Waals surface area contributed by atoms with Crippen LogP contribution in [0.1, 0.15) is 5.56 Å². The molecule has 5 nitrogen and oxygen atoms in total. The van der Waals surface area contributed by atoms with Crippen LogP contribution in [0.5, 0.6) is 11.5 Å². The normalized spacial score (nSPS) is 13.1. The van der Waals surface area contributed by atoms with Crippen molar-refractivity contribution >= 4 is 11.0 Å². The molecule has 1 aliphatic heterocycles. The first kappa shape index (κ1) is 11.8. The third-order valence-corrected chi connectivity index (χ3v) is 3.41. The van der Waals surface area contributed by atoms with E-state index in [1.54, 1.807) is 6.07 Å². The molecule has 5 heteroatoms. The minimum Gasteiger partial charge on any atom is -0.486 e. The lowest BCUT2D eigenvalue weighted by atomic mass is 10.1. The Kier molecular flexibility index (Phi) is 2.54. The molecule has 2 heterocycles. The molecule has 1 N–H and O–H groups in total. The molecule has 102 valence electrons. The molecule has 0 radical (unpaired) electrons. The van der Waals surface area contributed by atoms with Crippen molar-refractivity contribution in [2.24, 2.45) is 0 Å². The van der Waals surface area contributed by atoms with Crippen LogP contribution in [0.15, 0.2) is 36.4 Å². The molecule has 0 atom stereocenters. The van der Waals surface area contributed by atoms with Crippen molar-refractivity contribution in [2.45, 2.75) is 0 Å². The molecule has 0 fully saturated rings. The summed E-state index contributed by atoms with van der Waals surface area (Å²) in [5.41, 5.74) is 3.19. The van der Waals surface area contributed by atoms with Crippen molar-refractivity contribution in [3.05, 3.63) is 42.0 Å². The summed E-state index contributed by atoms with van der Waals surface area (Å²) in [6.45, 7) is 1.11. The van der Waals surface area contributed by atoms with E-state index in [0.717, 1.165) is 33.9 Å². The monoisotopic (exact) mass is 277 g/mol. The number of aromatic nitrogens is 2. The number of fused-ring (bicyclic) bond motifs is 2. The van der Waals surface area contributed by atoms with Crippen LogP contribution in [0, 0.1) is 11.3 Å². The quantitative estimate of drug-likeness (QED) is 0.742. The van der Waals surface area contributed by atoms with Gasteiger partial charge >= 0.3 is 0 Å². The highest BCUT2D eigenvalue weighted by Crippen LogP contribution is 2.34. The van der Waals surface area contributed by atoms with E-state index in [4.69, 9.17) is 14.7 Å². The molecule has 0 unspecified atom stereocenters. The number of ether oxygens (including phenoxy) is 2. The Labute approximate surface area is 120 Å². The molecule has 2 aromatic carbocycles. The summed E-state index contributed by atoms with van der Waals surface area (Å²) >= 11 is 0. The third-order valence-electron chi connectivity index (χ3n) is 3.41. The van der Waals surface area contributed by atoms with Gasteiger partial charge < -0.3 is 14.5 Å². The summed E-state index contributed by atoms with van der Waals surface area (Å²) < 4.78 is 11.1. The SMILES string of the molecule is N#Cc1cccc(-c2nc3cc4c(cc3[nH]2)OCCO4)c1. The van der Waals surface area contributed by atoms with Crippen LogP contribution < -0.4 is 9.47 Å². The number of nitrogens with zero attached hydrogens (tertiary/aromatic N) is 2. The van der Waals surface area contributed by atoms with Crippen molar-refractivity contribution in [3.63, 3.8) is 0 Å². The molecule has 0 bridgehead atoms. The van der Waals surface area contributed by atoms with Crippen molar-refractivity contribution in [1.82, 2.24) is 9.97 Å². The minimum absolute atomic E-state index is 0.556. The largest absolute Gasteiger partial charge is 0.486 e. The van der Waals surface area contributed by atoms with E-state index in [0.29, 0.717) is 18.8 Å². The average Bonchev–Trinajstić information content (AvgIpc) is 2.95. The number of hydrogen-bond donors (Lipinski definition) is 1. The number of aromatic amines is 1. The van der Waals surface area contributed by atoms with Gasteiger partial charge in [0.05, 0.1) is 22.7 Å². The Morgan fingerprint density at radius 1 is 1.10 bits per heavy atom. The van der Waals surface area contributed by atoms with E-state index in [9.17, 15) is 0 Å². The second kappa shape index (κ2) is 4.53. The van der Waals surface area contributed by atoms with Gasteiger partial charge in [0.1, 0.15) is 19.0 Å². The molecule has 0 aliphatic carbocycles. The lowest BCUT2D eigenvalue weighted by Gasteiger charge is -2.17. The van der Waals surface area contributed by atoms with E-state index >= 15 is 0 Å². The van der Waals surface area contributed by atoms with Crippen molar-refractivity contribution in [3.8, 4) is 29.0 Å². The van der Waals surface area contributed by atoms with E-state index in [2.05, 4.69) is 16.0 Å². The number of nitrogens with one attached hydrogen (secondary N) is 1. The lowest BCUT2D eigenvalue weighted by Crippen LogP contribution is -2.15. The predicted octanol–water partition coefficient (Wildman–Crippen LogP) is 2.87. The Morgan fingerprint density at radius 2 is 1.90 bits per heavy atom. The van der Waals surface area contributed by atoms with E-state index in [1.165, 1.54) is 0 Å². The third kappa shape index (κ3) is 1.98. The van der Waals surface area contributed by atoms with Crippen LogP contribution in [0.25, 0.3) is 22.4 Å². The standard InChI is InChI=1S/C16H11N3O2/c17-9-10-2-1-3-11(6-10)16-18-12-7-14-15(8-13(12)19-16)21-5-4-20-14/h1-3,6-8H,4-5H2,(H,18,19). The maximum atomic E-state index is 8.98. The van der Waals surface area contributed by atoms with Crippen LogP contribution in [0.4, 0.5) is 0 Å². The first-order chi connectivity index (χ1) is 10.3. The number of benzene rings is 2. The fourth-order valence-electron chi connectivity index (χ4n) is 2.42. The lowest BCUT2D eigenvalue weighted by molar-refractivity contribution is 0.172. The zero-order valence-electron chi connectivity index (χ0n) is 11.1. The molecule has 0 amide bonds. The van der Waals surface area contributed by atoms with Crippen LogP contribution in [-0.2, 0) is 0 Å². The molecule has 0 saturated carbocycles. The summed E-state index contributed by atoms with van der Waals surface area (Å²) in [5.74, 6) is 2.18. The van der Waals surface area contributed by atoms with Crippen molar-refractivity contribution in [2.75, 3.05) is 13.2 Å². The van der Waals surface area contributed by atoms with Crippen LogP contribution in [0.3, 0.4) is 0 Å². The summed E-state index contributed by atoms with van der Waals surface area (Å²) in [6, 6.07) is 13.3. The fourth-order valence-corrected chi connectivity index (χ4v) is 2.42. The number of hydrogen-bond acceptors (Lipinski definition) is 4. The molecule has 4 rings (SSSR count). The first-order valence-corrected chi connectivity index (χ1v) is 6.63. The minimum atomic E-state index is 0.556. The average molecular weight is 277 g/mol. The van der Waals surface area contributed by atoms with Crippen LogP contribution >= 0.6 is 0 Å². The highest BCUT2D eigenvalue weighted by atomic mass is 16.6. The van der Waals surface area contributed by atoms with Gasteiger partial charge in [-0.2, -0.15) is 5.26 Å². The number of imidazole rings is 1. The summed E-state index contributed by atoms with van der Waals surface area (Å²) in [6.07, 6.45) is 0. The van der Waals surface area contributed by atoms with Crippen molar-refractivity contribution in [1.29, 1.82) is 5.26 Å². The van der Waals surface area contributed by atoms with Gasteiger partial charge in [0.25, 0.3) is 0 Å². The zero-order chi connectivity index (χ0) is 14.2. The summed E-state index contributed by atoms with van der Waals surface area (Å²) in [5, 5.41) is 8.98. The molecule has 3 aromatic rings. The highest BCUT2D eigenvalue weighted by molar-refractivity contribution is 5.83. The van der Waals surface area contributed by atoms with Gasteiger partial charge in [-0.05, 0) is 12.1 Å². The molecule has 1 aliphatic rings. The second-order valence-electron chi connectivity index (χ2n) is 4.79. The molecular weight excluding hydrogens is 266 g/mol. The van der Waals surface area contributed by atoms with Gasteiger partial charge in [0, 0.05) is 17.7 Å². The van der Waals surface area contributed by atoms with E-state index in [-0.39, 0.29) is 0 Å². The molecule has 21 heavy (non-hydrogen) atoms. The van der Waals surface area contributed by atoms with Gasteiger partial charge in [-0.25, -0.2) is 4.98 Å². The second-order valence-corrected chi connectivity index (χ2v) is 4.79. The van der Waals surface area contributed by atoms with Gasteiger partial charge in [0.2, 0.25) is 0 Å².